The predicted molar refractivity (Wildman–Crippen MR) is 102 cm³/mol. The maximum atomic E-state index is 5.92. The van der Waals surface area contributed by atoms with E-state index < -0.39 is 0 Å². The first-order valence-corrected chi connectivity index (χ1v) is 9.11. The minimum atomic E-state index is 0.564. The van der Waals surface area contributed by atoms with E-state index in [0.29, 0.717) is 6.61 Å². The Morgan fingerprint density at radius 2 is 1.83 bits per heavy atom. The minimum absolute atomic E-state index is 0.564. The lowest BCUT2D eigenvalue weighted by Gasteiger charge is -2.19. The molecular formula is C19H20BrNOS. The lowest BCUT2D eigenvalue weighted by Crippen LogP contribution is -2.26. The molecule has 0 spiro atoms. The summed E-state index contributed by atoms with van der Waals surface area (Å²) >= 11 is 9.21. The van der Waals surface area contributed by atoms with Crippen molar-refractivity contribution in [2.75, 3.05) is 13.1 Å². The molecule has 0 atom stereocenters. The molecule has 2 nitrogen and oxygen atoms in total. The van der Waals surface area contributed by atoms with Crippen LogP contribution in [0, 0.1) is 6.92 Å². The Balaban J connectivity index is 1.66. The van der Waals surface area contributed by atoms with Gasteiger partial charge in [0.1, 0.15) is 17.3 Å². The third kappa shape index (κ3) is 4.12. The third-order valence-electron chi connectivity index (χ3n) is 4.09. The highest BCUT2D eigenvalue weighted by atomic mass is 79.9. The Kier molecular flexibility index (Phi) is 5.34. The van der Waals surface area contributed by atoms with E-state index in [-0.39, 0.29) is 0 Å². The maximum absolute atomic E-state index is 5.92. The van der Waals surface area contributed by atoms with Gasteiger partial charge in [0.2, 0.25) is 0 Å². The Bertz CT molecular complexity index is 693. The molecule has 4 heteroatoms. The summed E-state index contributed by atoms with van der Waals surface area (Å²) in [4.78, 5) is 3.22. The molecule has 3 rings (SSSR count). The van der Waals surface area contributed by atoms with Gasteiger partial charge in [0.25, 0.3) is 0 Å². The first-order valence-electron chi connectivity index (χ1n) is 7.90. The van der Waals surface area contributed by atoms with E-state index in [4.69, 9.17) is 17.0 Å². The van der Waals surface area contributed by atoms with Crippen molar-refractivity contribution in [2.24, 2.45) is 0 Å². The molecule has 2 aromatic carbocycles. The molecule has 0 N–H and O–H groups in total. The molecule has 1 aliphatic rings. The average molecular weight is 390 g/mol. The Hall–Kier alpha value is -1.39. The Morgan fingerprint density at radius 1 is 1.13 bits per heavy atom. The van der Waals surface area contributed by atoms with Gasteiger partial charge < -0.3 is 9.64 Å². The van der Waals surface area contributed by atoms with E-state index in [1.807, 2.05) is 6.07 Å². The zero-order chi connectivity index (χ0) is 16.2. The fourth-order valence-electron chi connectivity index (χ4n) is 2.70. The highest BCUT2D eigenvalue weighted by molar-refractivity contribution is 9.10. The summed E-state index contributed by atoms with van der Waals surface area (Å²) in [6.45, 7) is 4.79. The van der Waals surface area contributed by atoms with Crippen LogP contribution < -0.4 is 4.74 Å². The number of thiocarbonyl (C=S) groups is 1. The van der Waals surface area contributed by atoms with Gasteiger partial charge in [-0.2, -0.15) is 0 Å². The predicted octanol–water partition coefficient (Wildman–Crippen LogP) is 5.11. The molecule has 0 radical (unpaired) electrons. The first-order chi connectivity index (χ1) is 11.1. The molecule has 1 heterocycles. The SMILES string of the molecule is Cc1ccc(COc2ccc(C(=S)N3CCCC3)cc2Br)cc1. The van der Waals surface area contributed by atoms with E-state index in [1.165, 1.54) is 24.0 Å². The largest absolute Gasteiger partial charge is 0.488 e. The van der Waals surface area contributed by atoms with Crippen LogP contribution in [-0.4, -0.2) is 23.0 Å². The smallest absolute Gasteiger partial charge is 0.134 e. The fourth-order valence-corrected chi connectivity index (χ4v) is 3.50. The van der Waals surface area contributed by atoms with Crippen molar-refractivity contribution in [1.82, 2.24) is 4.90 Å². The monoisotopic (exact) mass is 389 g/mol. The van der Waals surface area contributed by atoms with Crippen LogP contribution in [0.25, 0.3) is 0 Å². The van der Waals surface area contributed by atoms with Crippen molar-refractivity contribution in [3.05, 3.63) is 63.6 Å². The van der Waals surface area contributed by atoms with Crippen molar-refractivity contribution in [2.45, 2.75) is 26.4 Å². The maximum Gasteiger partial charge on any atom is 0.134 e. The number of hydrogen-bond donors (Lipinski definition) is 0. The second-order valence-corrected chi connectivity index (χ2v) is 7.16. The second-order valence-electron chi connectivity index (χ2n) is 5.92. The zero-order valence-electron chi connectivity index (χ0n) is 13.2. The molecule has 0 unspecified atom stereocenters. The highest BCUT2D eigenvalue weighted by Crippen LogP contribution is 2.28. The second kappa shape index (κ2) is 7.45. The van der Waals surface area contributed by atoms with E-state index in [1.54, 1.807) is 0 Å². The highest BCUT2D eigenvalue weighted by Gasteiger charge is 2.17. The van der Waals surface area contributed by atoms with Crippen molar-refractivity contribution in [3.63, 3.8) is 0 Å². The van der Waals surface area contributed by atoms with Crippen LogP contribution in [-0.2, 0) is 6.61 Å². The van der Waals surface area contributed by atoms with Crippen LogP contribution in [0.5, 0.6) is 5.75 Å². The molecule has 0 aromatic heterocycles. The average Bonchev–Trinajstić information content (AvgIpc) is 3.09. The number of hydrogen-bond acceptors (Lipinski definition) is 2. The molecular weight excluding hydrogens is 370 g/mol. The van der Waals surface area contributed by atoms with Crippen LogP contribution in [0.2, 0.25) is 0 Å². The Labute approximate surface area is 151 Å². The molecule has 2 aromatic rings. The van der Waals surface area contributed by atoms with E-state index in [2.05, 4.69) is 64.2 Å². The van der Waals surface area contributed by atoms with Gasteiger partial charge in [0, 0.05) is 18.7 Å². The first kappa shape index (κ1) is 16.5. The van der Waals surface area contributed by atoms with Crippen molar-refractivity contribution < 1.29 is 4.74 Å². The number of rotatable bonds is 4. The number of ether oxygens (including phenoxy) is 1. The van der Waals surface area contributed by atoms with Crippen LogP contribution in [0.3, 0.4) is 0 Å². The van der Waals surface area contributed by atoms with Gasteiger partial charge in [-0.1, -0.05) is 42.0 Å². The standard InChI is InChI=1S/C19H20BrNOS/c1-14-4-6-15(7-5-14)13-22-18-9-8-16(12-17(18)20)19(23)21-10-2-3-11-21/h4-9,12H,2-3,10-11,13H2,1H3. The van der Waals surface area contributed by atoms with Gasteiger partial charge in [0.05, 0.1) is 4.47 Å². The van der Waals surface area contributed by atoms with E-state index >= 15 is 0 Å². The van der Waals surface area contributed by atoms with Crippen LogP contribution >= 0.6 is 28.1 Å². The molecule has 0 bridgehead atoms. The van der Waals surface area contributed by atoms with E-state index in [9.17, 15) is 0 Å². The lowest BCUT2D eigenvalue weighted by atomic mass is 10.1. The van der Waals surface area contributed by atoms with Gasteiger partial charge in [-0.3, -0.25) is 0 Å². The van der Waals surface area contributed by atoms with Crippen LogP contribution in [0.15, 0.2) is 46.9 Å². The quantitative estimate of drug-likeness (QED) is 0.674. The summed E-state index contributed by atoms with van der Waals surface area (Å²) in [5.41, 5.74) is 3.50. The molecule has 0 saturated carbocycles. The summed E-state index contributed by atoms with van der Waals surface area (Å²) < 4.78 is 6.87. The third-order valence-corrected chi connectivity index (χ3v) is 5.20. The number of halogens is 1. The molecule has 0 amide bonds. The lowest BCUT2D eigenvalue weighted by molar-refractivity contribution is 0.304. The summed E-state index contributed by atoms with van der Waals surface area (Å²) in [5.74, 6) is 0.846. The van der Waals surface area contributed by atoms with E-state index in [0.717, 1.165) is 33.9 Å². The molecule has 1 fully saturated rings. The van der Waals surface area contributed by atoms with Crippen molar-refractivity contribution in [3.8, 4) is 5.75 Å². The molecule has 23 heavy (non-hydrogen) atoms. The number of nitrogens with zero attached hydrogens (tertiary/aromatic N) is 1. The van der Waals surface area contributed by atoms with Gasteiger partial charge in [0.15, 0.2) is 0 Å². The summed E-state index contributed by atoms with van der Waals surface area (Å²) in [7, 11) is 0. The van der Waals surface area contributed by atoms with Crippen molar-refractivity contribution in [1.29, 1.82) is 0 Å². The molecule has 1 saturated heterocycles. The topological polar surface area (TPSA) is 12.5 Å². The number of likely N-dealkylation sites (tertiary alicyclic amines) is 1. The van der Waals surface area contributed by atoms with Crippen molar-refractivity contribution >= 4 is 33.1 Å². The van der Waals surface area contributed by atoms with Gasteiger partial charge in [-0.05, 0) is 59.5 Å². The van der Waals surface area contributed by atoms with Gasteiger partial charge in [-0.25, -0.2) is 0 Å². The summed E-state index contributed by atoms with van der Waals surface area (Å²) in [6.07, 6.45) is 2.47. The van der Waals surface area contributed by atoms with Gasteiger partial charge in [-0.15, -0.1) is 0 Å². The normalized spacial score (nSPS) is 14.1. The number of aryl methyl sites for hydroxylation is 1. The van der Waals surface area contributed by atoms with Crippen LogP contribution in [0.1, 0.15) is 29.5 Å². The minimum Gasteiger partial charge on any atom is -0.488 e. The summed E-state index contributed by atoms with van der Waals surface area (Å²) in [6, 6.07) is 14.5. The molecule has 120 valence electrons. The van der Waals surface area contributed by atoms with Crippen LogP contribution in [0.4, 0.5) is 0 Å². The fraction of sp³-hybridized carbons (Fsp3) is 0.316. The number of benzene rings is 2. The Morgan fingerprint density at radius 3 is 2.48 bits per heavy atom. The van der Waals surface area contributed by atoms with Gasteiger partial charge >= 0.3 is 0 Å². The zero-order valence-corrected chi connectivity index (χ0v) is 15.6. The molecule has 1 aliphatic heterocycles. The summed E-state index contributed by atoms with van der Waals surface area (Å²) in [5, 5.41) is 0. The molecule has 0 aliphatic carbocycles.